The molecular weight excluding hydrogens is 315 g/mol. The zero-order chi connectivity index (χ0) is 13.8. The molecular formula is C11H11BrF3NO2. The lowest BCUT2D eigenvalue weighted by molar-refractivity contribution is -0.201. The number of alkyl halides is 4. The molecule has 0 bridgehead atoms. The minimum atomic E-state index is -4.73. The molecule has 0 aliphatic rings. The van der Waals surface area contributed by atoms with Crippen LogP contribution in [0.25, 0.3) is 0 Å². The Kier molecular flexibility index (Phi) is 5.15. The molecule has 1 rings (SSSR count). The van der Waals surface area contributed by atoms with Gasteiger partial charge in [-0.25, -0.2) is 0 Å². The third-order valence-corrected chi connectivity index (χ3v) is 2.85. The molecule has 0 saturated heterocycles. The lowest BCUT2D eigenvalue weighted by atomic mass is 10.1. The largest absolute Gasteiger partial charge is 0.416 e. The highest BCUT2D eigenvalue weighted by Crippen LogP contribution is 2.19. The van der Waals surface area contributed by atoms with Gasteiger partial charge in [-0.15, -0.1) is 0 Å². The molecule has 7 heteroatoms. The Morgan fingerprint density at radius 1 is 1.33 bits per heavy atom. The van der Waals surface area contributed by atoms with Crippen molar-refractivity contribution in [3.05, 3.63) is 35.4 Å². The molecule has 0 spiro atoms. The minimum Gasteiger partial charge on any atom is -0.382 e. The van der Waals surface area contributed by atoms with Crippen LogP contribution in [0.1, 0.15) is 15.9 Å². The number of aliphatic hydroxyl groups is 1. The quantitative estimate of drug-likeness (QED) is 0.834. The highest BCUT2D eigenvalue weighted by molar-refractivity contribution is 9.08. The van der Waals surface area contributed by atoms with Gasteiger partial charge in [-0.1, -0.05) is 28.1 Å². The van der Waals surface area contributed by atoms with Gasteiger partial charge in [-0.3, -0.25) is 4.79 Å². The van der Waals surface area contributed by atoms with Crippen LogP contribution in [-0.2, 0) is 5.33 Å². The molecule has 1 aromatic carbocycles. The van der Waals surface area contributed by atoms with E-state index in [-0.39, 0.29) is 5.56 Å². The van der Waals surface area contributed by atoms with Gasteiger partial charge in [-0.2, -0.15) is 13.2 Å². The molecule has 0 aliphatic heterocycles. The average Bonchev–Trinajstić information content (AvgIpc) is 2.34. The van der Waals surface area contributed by atoms with Gasteiger partial charge in [0.1, 0.15) is 0 Å². The summed E-state index contributed by atoms with van der Waals surface area (Å²) in [4.78, 5) is 11.5. The Morgan fingerprint density at radius 3 is 2.33 bits per heavy atom. The first-order valence-corrected chi connectivity index (χ1v) is 6.14. The second kappa shape index (κ2) is 6.19. The maximum Gasteiger partial charge on any atom is 0.416 e. The molecule has 2 N–H and O–H groups in total. The van der Waals surface area contributed by atoms with E-state index in [2.05, 4.69) is 15.9 Å². The topological polar surface area (TPSA) is 49.3 Å². The van der Waals surface area contributed by atoms with Crippen molar-refractivity contribution >= 4 is 21.8 Å². The average molecular weight is 326 g/mol. The van der Waals surface area contributed by atoms with Crippen LogP contribution < -0.4 is 5.32 Å². The summed E-state index contributed by atoms with van der Waals surface area (Å²) in [6, 6.07) is 6.38. The van der Waals surface area contributed by atoms with Crippen molar-refractivity contribution in [2.45, 2.75) is 17.6 Å². The molecule has 0 radical (unpaired) electrons. The number of amides is 1. The smallest absolute Gasteiger partial charge is 0.382 e. The first kappa shape index (κ1) is 15.0. The summed E-state index contributed by atoms with van der Waals surface area (Å²) in [6.07, 6.45) is -7.28. The van der Waals surface area contributed by atoms with Crippen LogP contribution in [0.4, 0.5) is 13.2 Å². The molecule has 1 unspecified atom stereocenters. The zero-order valence-corrected chi connectivity index (χ0v) is 10.8. The number of carbonyl (C=O) groups is 1. The fraction of sp³-hybridized carbons (Fsp3) is 0.364. The summed E-state index contributed by atoms with van der Waals surface area (Å²) >= 11 is 3.23. The van der Waals surface area contributed by atoms with Gasteiger partial charge in [0, 0.05) is 10.9 Å². The Labute approximate surface area is 110 Å². The summed E-state index contributed by atoms with van der Waals surface area (Å²) in [6.45, 7) is -0.859. The summed E-state index contributed by atoms with van der Waals surface area (Å²) in [5.41, 5.74) is 1.19. The van der Waals surface area contributed by atoms with Gasteiger partial charge in [0.25, 0.3) is 5.91 Å². The molecule has 0 fully saturated rings. The maximum absolute atomic E-state index is 12.0. The molecule has 1 atom stereocenters. The minimum absolute atomic E-state index is 0.245. The lowest BCUT2D eigenvalue weighted by Gasteiger charge is -2.15. The first-order valence-electron chi connectivity index (χ1n) is 5.02. The fourth-order valence-electron chi connectivity index (χ4n) is 1.15. The van der Waals surface area contributed by atoms with E-state index in [1.807, 2.05) is 5.32 Å². The molecule has 18 heavy (non-hydrogen) atoms. The summed E-state index contributed by atoms with van der Waals surface area (Å²) in [5, 5.41) is 11.4. The Hall–Kier alpha value is -1.08. The van der Waals surface area contributed by atoms with E-state index in [1.54, 1.807) is 12.1 Å². The van der Waals surface area contributed by atoms with Crippen molar-refractivity contribution in [3.63, 3.8) is 0 Å². The van der Waals surface area contributed by atoms with Crippen LogP contribution in [0.5, 0.6) is 0 Å². The van der Waals surface area contributed by atoms with Crippen molar-refractivity contribution in [2.75, 3.05) is 6.54 Å². The summed E-state index contributed by atoms with van der Waals surface area (Å²) in [5.74, 6) is -0.653. The van der Waals surface area contributed by atoms with Crippen molar-refractivity contribution < 1.29 is 23.1 Å². The maximum atomic E-state index is 12.0. The number of carbonyl (C=O) groups excluding carboxylic acids is 1. The van der Waals surface area contributed by atoms with Crippen molar-refractivity contribution in [3.8, 4) is 0 Å². The van der Waals surface area contributed by atoms with E-state index < -0.39 is 24.7 Å². The molecule has 0 aromatic heterocycles. The van der Waals surface area contributed by atoms with Crippen LogP contribution in [0, 0.1) is 0 Å². The van der Waals surface area contributed by atoms with E-state index in [9.17, 15) is 18.0 Å². The van der Waals surface area contributed by atoms with Gasteiger partial charge in [0.05, 0.1) is 6.54 Å². The predicted octanol–water partition coefficient (Wildman–Crippen LogP) is 2.23. The fourth-order valence-corrected chi connectivity index (χ4v) is 1.53. The van der Waals surface area contributed by atoms with Gasteiger partial charge < -0.3 is 10.4 Å². The number of hydrogen-bond donors (Lipinski definition) is 2. The van der Waals surface area contributed by atoms with E-state index >= 15 is 0 Å². The SMILES string of the molecule is O=C(NCC(O)C(F)(F)F)c1ccc(CBr)cc1. The summed E-state index contributed by atoms with van der Waals surface area (Å²) < 4.78 is 36.0. The Morgan fingerprint density at radius 2 is 1.89 bits per heavy atom. The van der Waals surface area contributed by atoms with Gasteiger partial charge in [-0.05, 0) is 17.7 Å². The number of benzene rings is 1. The molecule has 0 saturated carbocycles. The number of hydrogen-bond acceptors (Lipinski definition) is 2. The molecule has 100 valence electrons. The highest BCUT2D eigenvalue weighted by Gasteiger charge is 2.38. The number of aliphatic hydroxyl groups excluding tert-OH is 1. The molecule has 0 heterocycles. The Balaban J connectivity index is 2.55. The van der Waals surface area contributed by atoms with Crippen molar-refractivity contribution in [1.82, 2.24) is 5.32 Å². The second-order valence-corrected chi connectivity index (χ2v) is 4.16. The number of rotatable bonds is 4. The predicted molar refractivity (Wildman–Crippen MR) is 63.5 cm³/mol. The van der Waals surface area contributed by atoms with E-state index in [0.717, 1.165) is 5.56 Å². The molecule has 3 nitrogen and oxygen atoms in total. The van der Waals surface area contributed by atoms with E-state index in [1.165, 1.54) is 12.1 Å². The van der Waals surface area contributed by atoms with Crippen molar-refractivity contribution in [2.24, 2.45) is 0 Å². The molecule has 0 aliphatic carbocycles. The monoisotopic (exact) mass is 325 g/mol. The standard InChI is InChI=1S/C11H11BrF3NO2/c12-5-7-1-3-8(4-2-7)10(18)16-6-9(17)11(13,14)15/h1-4,9,17H,5-6H2,(H,16,18). The van der Waals surface area contributed by atoms with Gasteiger partial charge in [0.15, 0.2) is 6.10 Å². The molecule has 1 aromatic rings. The van der Waals surface area contributed by atoms with Gasteiger partial charge >= 0.3 is 6.18 Å². The van der Waals surface area contributed by atoms with Gasteiger partial charge in [0.2, 0.25) is 0 Å². The first-order chi connectivity index (χ1) is 8.34. The van der Waals surface area contributed by atoms with Crippen molar-refractivity contribution in [1.29, 1.82) is 0 Å². The normalized spacial score (nSPS) is 13.2. The number of halogens is 4. The highest BCUT2D eigenvalue weighted by atomic mass is 79.9. The molecule has 1 amide bonds. The third kappa shape index (κ3) is 4.30. The third-order valence-electron chi connectivity index (χ3n) is 2.20. The second-order valence-electron chi connectivity index (χ2n) is 3.60. The summed E-state index contributed by atoms with van der Waals surface area (Å²) in [7, 11) is 0. The lowest BCUT2D eigenvalue weighted by Crippen LogP contribution is -2.40. The Bertz CT molecular complexity index is 406. The van der Waals surface area contributed by atoms with Crippen LogP contribution >= 0.6 is 15.9 Å². The van der Waals surface area contributed by atoms with Crippen LogP contribution in [0.3, 0.4) is 0 Å². The number of nitrogens with one attached hydrogen (secondary N) is 1. The van der Waals surface area contributed by atoms with E-state index in [0.29, 0.717) is 5.33 Å². The zero-order valence-electron chi connectivity index (χ0n) is 9.17. The van der Waals surface area contributed by atoms with Crippen LogP contribution in [-0.4, -0.2) is 29.8 Å². The van der Waals surface area contributed by atoms with Crippen LogP contribution in [0.2, 0.25) is 0 Å². The van der Waals surface area contributed by atoms with Crippen LogP contribution in [0.15, 0.2) is 24.3 Å². The van der Waals surface area contributed by atoms with E-state index in [4.69, 9.17) is 5.11 Å².